The molecule has 1 aliphatic heterocycles. The van der Waals surface area contributed by atoms with Crippen molar-refractivity contribution in [3.63, 3.8) is 0 Å². The highest BCUT2D eigenvalue weighted by Crippen LogP contribution is 2.35. The third-order valence-electron chi connectivity index (χ3n) is 8.82. The van der Waals surface area contributed by atoms with Crippen molar-refractivity contribution in [1.82, 2.24) is 24.3 Å². The van der Waals surface area contributed by atoms with Gasteiger partial charge in [0.2, 0.25) is 5.91 Å². The first kappa shape index (κ1) is 36.4. The van der Waals surface area contributed by atoms with Crippen LogP contribution in [0.1, 0.15) is 57.9 Å². The highest BCUT2D eigenvalue weighted by atomic mass is 35.5. The third-order valence-corrected chi connectivity index (χ3v) is 8.82. The summed E-state index contributed by atoms with van der Waals surface area (Å²) in [6.07, 6.45) is 2.20. The zero-order valence-electron chi connectivity index (χ0n) is 26.7. The van der Waals surface area contributed by atoms with Gasteiger partial charge in [0.15, 0.2) is 0 Å². The average Bonchev–Trinajstić information content (AvgIpc) is 3.81. The predicted octanol–water partition coefficient (Wildman–Crippen LogP) is 3.45. The van der Waals surface area contributed by atoms with Gasteiger partial charge < -0.3 is 26.0 Å². The number of ether oxygens (including phenoxy) is 1. The first-order chi connectivity index (χ1) is 21.7. The maximum absolute atomic E-state index is 13.5. The highest BCUT2D eigenvalue weighted by molar-refractivity contribution is 5.89. The molecule has 0 bridgehead atoms. The summed E-state index contributed by atoms with van der Waals surface area (Å²) in [5, 5.41) is 2.58. The van der Waals surface area contributed by atoms with E-state index >= 15 is 0 Å². The van der Waals surface area contributed by atoms with Crippen LogP contribution in [0.25, 0.3) is 5.69 Å². The summed E-state index contributed by atoms with van der Waals surface area (Å²) >= 11 is 0. The van der Waals surface area contributed by atoms with Crippen LogP contribution in [-0.4, -0.2) is 92.9 Å². The molecule has 3 aliphatic rings. The number of rotatable bonds is 9. The number of anilines is 1. The number of benzene rings is 1. The Kier molecular flexibility index (Phi) is 11.5. The molecule has 2 aliphatic carbocycles. The number of alkyl halides is 3. The van der Waals surface area contributed by atoms with E-state index in [1.165, 1.54) is 23.2 Å². The Morgan fingerprint density at radius 3 is 2.23 bits per heavy atom. The maximum atomic E-state index is 13.5. The lowest BCUT2D eigenvalue weighted by Crippen LogP contribution is -2.58. The molecule has 2 saturated carbocycles. The summed E-state index contributed by atoms with van der Waals surface area (Å²) in [6.45, 7) is 5.51. The normalized spacial score (nSPS) is 20.5. The highest BCUT2D eigenvalue weighted by Gasteiger charge is 2.35. The largest absolute Gasteiger partial charge is 0.573 e. The van der Waals surface area contributed by atoms with Crippen molar-refractivity contribution >= 4 is 30.2 Å². The summed E-state index contributed by atoms with van der Waals surface area (Å²) in [5.41, 5.74) is 10.7. The van der Waals surface area contributed by atoms with Gasteiger partial charge in [0.25, 0.3) is 0 Å². The van der Waals surface area contributed by atoms with Gasteiger partial charge in [0.1, 0.15) is 11.6 Å². The van der Waals surface area contributed by atoms with Crippen molar-refractivity contribution < 1.29 is 27.5 Å². The molecule has 1 aromatic carbocycles. The van der Waals surface area contributed by atoms with E-state index in [1.54, 1.807) is 30.9 Å². The summed E-state index contributed by atoms with van der Waals surface area (Å²) in [5.74, 6) is -0.0556. The minimum Gasteiger partial charge on any atom is -0.405 e. The Bertz CT molecular complexity index is 1460. The second kappa shape index (κ2) is 14.8. The standard InChI is InChI=1S/C31H43F3N8O4.ClH/c1-30(2,36)27(43)39-13-15-40(16-14-39)28(44)37-26-11-12-42(29(45)38-26)24-8-5-21(25(17-24)46-31(32,33)34)19-41(18-20-3-4-20)23-9-6-22(35)7-10-23;/h5,8,11-12,17,20,22-23H,3-4,6-7,9-10,13-16,18-19,35-36H2,1-2H3,(H,37,38,44,45);1H. The Hall–Kier alpha value is -3.40. The lowest BCUT2D eigenvalue weighted by Gasteiger charge is -2.37. The molecule has 1 aromatic heterocycles. The van der Waals surface area contributed by atoms with Crippen LogP contribution in [-0.2, 0) is 11.3 Å². The van der Waals surface area contributed by atoms with Gasteiger partial charge in [-0.25, -0.2) is 9.59 Å². The fourth-order valence-corrected chi connectivity index (χ4v) is 6.08. The van der Waals surface area contributed by atoms with Gasteiger partial charge in [-0.1, -0.05) is 6.07 Å². The molecular weight excluding hydrogens is 641 g/mol. The van der Waals surface area contributed by atoms with Crippen molar-refractivity contribution in [2.75, 3.05) is 38.0 Å². The van der Waals surface area contributed by atoms with E-state index in [0.29, 0.717) is 24.6 Å². The molecule has 0 spiro atoms. The molecule has 0 atom stereocenters. The summed E-state index contributed by atoms with van der Waals surface area (Å²) in [7, 11) is 0. The van der Waals surface area contributed by atoms with E-state index in [-0.39, 0.29) is 67.3 Å². The third kappa shape index (κ3) is 9.81. The van der Waals surface area contributed by atoms with E-state index in [1.807, 2.05) is 0 Å². The van der Waals surface area contributed by atoms with Gasteiger partial charge in [-0.05, 0) is 70.4 Å². The monoisotopic (exact) mass is 684 g/mol. The van der Waals surface area contributed by atoms with Gasteiger partial charge in [0, 0.05) is 69.2 Å². The van der Waals surface area contributed by atoms with Crippen molar-refractivity contribution in [3.8, 4) is 11.4 Å². The minimum atomic E-state index is -4.93. The quantitative estimate of drug-likeness (QED) is 0.363. The van der Waals surface area contributed by atoms with Crippen LogP contribution in [0.3, 0.4) is 0 Å². The number of urea groups is 1. The molecule has 2 aromatic rings. The average molecular weight is 685 g/mol. The van der Waals surface area contributed by atoms with Crippen LogP contribution in [0.15, 0.2) is 35.3 Å². The van der Waals surface area contributed by atoms with Crippen molar-refractivity contribution in [2.24, 2.45) is 17.4 Å². The fourth-order valence-electron chi connectivity index (χ4n) is 6.08. The van der Waals surface area contributed by atoms with Gasteiger partial charge in [-0.3, -0.25) is 19.6 Å². The van der Waals surface area contributed by atoms with Gasteiger partial charge in [-0.15, -0.1) is 25.6 Å². The lowest BCUT2D eigenvalue weighted by atomic mass is 9.90. The predicted molar refractivity (Wildman–Crippen MR) is 173 cm³/mol. The number of nitrogens with zero attached hydrogens (tertiary/aromatic N) is 5. The van der Waals surface area contributed by atoms with Crippen LogP contribution >= 0.6 is 12.4 Å². The SMILES string of the molecule is CC(C)(N)C(=O)N1CCN(C(=O)Nc2ccn(-c3ccc(CN(CC4CC4)C4CCC(N)CC4)c(OC(F)(F)F)c3)c(=O)n2)CC1.Cl. The van der Waals surface area contributed by atoms with E-state index in [2.05, 4.69) is 19.9 Å². The molecule has 0 unspecified atom stereocenters. The molecule has 12 nitrogen and oxygen atoms in total. The number of aromatic nitrogens is 2. The number of carbonyl (C=O) groups is 2. The molecule has 5 N–H and O–H groups in total. The number of piperazine rings is 1. The van der Waals surface area contributed by atoms with E-state index in [4.69, 9.17) is 11.5 Å². The smallest absolute Gasteiger partial charge is 0.405 e. The Morgan fingerprint density at radius 1 is 1.02 bits per heavy atom. The first-order valence-corrected chi connectivity index (χ1v) is 15.8. The number of nitrogens with two attached hydrogens (primary N) is 2. The van der Waals surface area contributed by atoms with Gasteiger partial charge >= 0.3 is 18.1 Å². The van der Waals surface area contributed by atoms with E-state index in [9.17, 15) is 27.6 Å². The zero-order chi connectivity index (χ0) is 33.2. The molecule has 3 amide bonds. The molecule has 260 valence electrons. The molecule has 0 radical (unpaired) electrons. The second-order valence-corrected chi connectivity index (χ2v) is 13.2. The van der Waals surface area contributed by atoms with Crippen molar-refractivity contribution in [3.05, 3.63) is 46.5 Å². The zero-order valence-corrected chi connectivity index (χ0v) is 27.5. The Morgan fingerprint density at radius 2 is 1.66 bits per heavy atom. The molecule has 16 heteroatoms. The number of hydrogen-bond acceptors (Lipinski definition) is 8. The molecule has 2 heterocycles. The second-order valence-electron chi connectivity index (χ2n) is 13.2. The summed E-state index contributed by atoms with van der Waals surface area (Å²) in [6, 6.07) is 5.60. The van der Waals surface area contributed by atoms with Gasteiger partial charge in [0.05, 0.1) is 11.2 Å². The van der Waals surface area contributed by atoms with Crippen LogP contribution in [0, 0.1) is 5.92 Å². The fraction of sp³-hybridized carbons (Fsp3) is 0.613. The summed E-state index contributed by atoms with van der Waals surface area (Å²) < 4.78 is 46.2. The molecule has 5 rings (SSSR count). The molecule has 3 fully saturated rings. The summed E-state index contributed by atoms with van der Waals surface area (Å²) in [4.78, 5) is 47.5. The van der Waals surface area contributed by atoms with Crippen LogP contribution in [0.4, 0.5) is 23.8 Å². The Labute approximate surface area is 278 Å². The number of nitrogens with one attached hydrogen (secondary N) is 1. The molecular formula is C31H44ClF3N8O4. The number of halogens is 4. The number of carbonyl (C=O) groups excluding carboxylic acids is 2. The number of amides is 3. The van der Waals surface area contributed by atoms with Gasteiger partial charge in [-0.2, -0.15) is 4.98 Å². The van der Waals surface area contributed by atoms with E-state index in [0.717, 1.165) is 49.6 Å². The number of hydrogen-bond donors (Lipinski definition) is 3. The lowest BCUT2D eigenvalue weighted by molar-refractivity contribution is -0.275. The topological polar surface area (TPSA) is 152 Å². The molecule has 1 saturated heterocycles. The van der Waals surface area contributed by atoms with Crippen LogP contribution in [0.5, 0.6) is 5.75 Å². The minimum absolute atomic E-state index is 0. The van der Waals surface area contributed by atoms with Crippen molar-refractivity contribution in [1.29, 1.82) is 0 Å². The van der Waals surface area contributed by atoms with Crippen molar-refractivity contribution in [2.45, 2.75) is 82.9 Å². The maximum Gasteiger partial charge on any atom is 0.573 e. The molecule has 47 heavy (non-hydrogen) atoms. The van der Waals surface area contributed by atoms with E-state index < -0.39 is 23.6 Å². The Balaban J connectivity index is 0.00000500. The first-order valence-electron chi connectivity index (χ1n) is 15.8. The van der Waals surface area contributed by atoms with Crippen LogP contribution in [0.2, 0.25) is 0 Å². The van der Waals surface area contributed by atoms with Crippen LogP contribution < -0.4 is 27.2 Å².